The number of rotatable bonds is 10. The lowest BCUT2D eigenvalue weighted by Gasteiger charge is -2.46. The van der Waals surface area contributed by atoms with Gasteiger partial charge in [-0.3, -0.25) is 0 Å². The molecule has 0 bridgehead atoms. The summed E-state index contributed by atoms with van der Waals surface area (Å²) in [6.07, 6.45) is -15.1. The monoisotopic (exact) mass is 759 g/mol. The topological polar surface area (TPSA) is 299 Å². The molecule has 1 unspecified atom stereocenters. The highest BCUT2D eigenvalue weighted by molar-refractivity contribution is 5.87. The second kappa shape index (κ2) is 16.1. The third-order valence-corrected chi connectivity index (χ3v) is 8.99. The zero-order chi connectivity index (χ0) is 38.8. The van der Waals surface area contributed by atoms with Crippen LogP contribution in [0.2, 0.25) is 0 Å². The van der Waals surface area contributed by atoms with Crippen molar-refractivity contribution in [2.24, 2.45) is 0 Å². The molecule has 0 saturated carbocycles. The van der Waals surface area contributed by atoms with Gasteiger partial charge in [0.05, 0.1) is 18.2 Å². The second-order valence-electron chi connectivity index (χ2n) is 12.7. The fourth-order valence-electron chi connectivity index (χ4n) is 6.05. The van der Waals surface area contributed by atoms with Crippen LogP contribution in [-0.2, 0) is 28.5 Å². The van der Waals surface area contributed by atoms with E-state index >= 15 is 0 Å². The maximum Gasteiger partial charge on any atom is 0.330 e. The van der Waals surface area contributed by atoms with Crippen LogP contribution >= 0.6 is 0 Å². The Balaban J connectivity index is 1.31. The van der Waals surface area contributed by atoms with E-state index in [4.69, 9.17) is 23.7 Å². The lowest BCUT2D eigenvalue weighted by Crippen LogP contribution is -2.64. The number of esters is 1. The zero-order valence-electron chi connectivity index (χ0n) is 28.0. The van der Waals surface area contributed by atoms with Crippen LogP contribution in [0, 0.1) is 0 Å². The van der Waals surface area contributed by atoms with Crippen LogP contribution in [0.25, 0.3) is 12.2 Å². The van der Waals surface area contributed by atoms with Gasteiger partial charge in [-0.05, 0) is 42.0 Å². The second-order valence-corrected chi connectivity index (χ2v) is 12.7. The van der Waals surface area contributed by atoms with Crippen molar-refractivity contribution in [2.75, 3.05) is 13.2 Å². The summed E-state index contributed by atoms with van der Waals surface area (Å²) in [5, 5.41) is 114. The quantitative estimate of drug-likeness (QED) is 0.0535. The van der Waals surface area contributed by atoms with E-state index in [0.29, 0.717) is 5.56 Å². The molecule has 54 heavy (non-hydrogen) atoms. The van der Waals surface area contributed by atoms with Gasteiger partial charge in [0.2, 0.25) is 6.29 Å². The minimum atomic E-state index is -1.96. The Kier molecular flexibility index (Phi) is 11.5. The fourth-order valence-corrected chi connectivity index (χ4v) is 6.05. The van der Waals surface area contributed by atoms with Crippen molar-refractivity contribution in [2.45, 2.75) is 67.5 Å². The van der Waals surface area contributed by atoms with Gasteiger partial charge in [0.15, 0.2) is 29.7 Å². The number of aliphatic hydroxyl groups excluding tert-OH is 6. The van der Waals surface area contributed by atoms with Gasteiger partial charge in [-0.1, -0.05) is 12.1 Å². The summed E-state index contributed by atoms with van der Waals surface area (Å²) in [5.74, 6) is -2.61. The first-order chi connectivity index (χ1) is 25.7. The molecular weight excluding hydrogens is 720 g/mol. The first kappa shape index (κ1) is 38.6. The van der Waals surface area contributed by atoms with Gasteiger partial charge in [0.25, 0.3) is 11.9 Å². The summed E-state index contributed by atoms with van der Waals surface area (Å²) in [5.41, 5.74) is 0.843. The van der Waals surface area contributed by atoms with E-state index in [1.807, 2.05) is 0 Å². The number of aliphatic hydroxyl groups is 7. The number of aromatic hydroxyl groups is 6. The van der Waals surface area contributed by atoms with Gasteiger partial charge in [0, 0.05) is 18.2 Å². The van der Waals surface area contributed by atoms with Crippen LogP contribution < -0.4 is 0 Å². The number of hydrogen-bond donors (Lipinski definition) is 11. The molecule has 0 aromatic heterocycles. The van der Waals surface area contributed by atoms with E-state index in [-0.39, 0.29) is 34.1 Å². The summed E-state index contributed by atoms with van der Waals surface area (Å²) >= 11 is 0. The fraction of sp³-hybridized carbons (Fsp3) is 0.361. The van der Waals surface area contributed by atoms with Gasteiger partial charge in [-0.2, -0.15) is 0 Å². The van der Waals surface area contributed by atoms with Crippen LogP contribution in [0.3, 0.4) is 0 Å². The van der Waals surface area contributed by atoms with Crippen molar-refractivity contribution < 1.29 is 89.4 Å². The van der Waals surface area contributed by atoms with Crippen LogP contribution in [-0.4, -0.2) is 142 Å². The van der Waals surface area contributed by atoms with Gasteiger partial charge in [0.1, 0.15) is 72.1 Å². The molecule has 12 N–H and O–H groups in total. The predicted molar refractivity (Wildman–Crippen MR) is 180 cm³/mol. The van der Waals surface area contributed by atoms with Crippen molar-refractivity contribution in [3.05, 3.63) is 83.1 Å². The number of phenols is 5. The number of hydrogen-bond acceptors (Lipinski definition) is 17. The molecule has 290 valence electrons. The molecule has 2 fully saturated rings. The molecule has 3 aromatic carbocycles. The SMILES string of the molecule is O=C(/C=C/c1ccc(O)cc1)OC[C@H]1O[C@@H](OC2=Cc3c(O)cc(O)cc3[OH+]C2c2ccc(O)c(O)c2)[C@@H](O[C@@H]2O[C@H](CO)[C@@H](O)[C@H](O)[C@H]2O)[C@@H](O)[C@@H]1O. The zero-order valence-corrected chi connectivity index (χ0v) is 28.0. The standard InChI is InChI=1S/C36H38O18/c37-13-25-28(44)30(46)32(48)35(52-25)54-34-31(47)29(45)26(14-49-27(43)8-3-15-1-5-17(38)6-2-15)53-36(34)51-24-12-19-21(41)10-18(39)11-23(19)50-33(24)16-4-7-20(40)22(42)9-16/h1-12,25-26,28-42,44-48H,13-14H2/p+1/b8-3+/t25-,26-,28-,29-,30+,31+,32-,33?,34+,35+,36-/m1/s1. The predicted octanol–water partition coefficient (Wildman–Crippen LogP) is -0.543. The molecule has 0 spiro atoms. The average Bonchev–Trinajstić information content (AvgIpc) is 3.14. The summed E-state index contributed by atoms with van der Waals surface area (Å²) in [6, 6.07) is 11.9. The molecule has 6 rings (SSSR count). The normalized spacial score (nSPS) is 30.9. The number of carbonyl (C=O) groups is 1. The molecule has 11 atom stereocenters. The van der Waals surface area contributed by atoms with Crippen LogP contribution in [0.1, 0.15) is 22.8 Å². The molecule has 3 aromatic rings. The number of ether oxygens (including phenoxy) is 6. The lowest BCUT2D eigenvalue weighted by atomic mass is 9.97. The molecule has 2 saturated heterocycles. The smallest absolute Gasteiger partial charge is 0.330 e. The molecule has 0 radical (unpaired) electrons. The molecule has 18 heteroatoms. The molecule has 0 aliphatic carbocycles. The Bertz CT molecular complexity index is 1860. The highest BCUT2D eigenvalue weighted by atomic mass is 16.8. The minimum absolute atomic E-state index is 0.0211. The molecular formula is C36H39O18+. The Hall–Kier alpha value is -5.15. The number of phenolic OH excluding ortho intramolecular Hbond substituents is 5. The van der Waals surface area contributed by atoms with E-state index in [2.05, 4.69) is 4.74 Å². The highest BCUT2D eigenvalue weighted by Crippen LogP contribution is 2.46. The van der Waals surface area contributed by atoms with Crippen molar-refractivity contribution in [3.63, 3.8) is 0 Å². The Morgan fingerprint density at radius 3 is 2.15 bits per heavy atom. The van der Waals surface area contributed by atoms with E-state index in [1.54, 1.807) is 12.1 Å². The third-order valence-electron chi connectivity index (χ3n) is 8.99. The Morgan fingerprint density at radius 1 is 0.741 bits per heavy atom. The van der Waals surface area contributed by atoms with Crippen molar-refractivity contribution >= 4 is 18.1 Å². The summed E-state index contributed by atoms with van der Waals surface area (Å²) < 4.78 is 33.3. The highest BCUT2D eigenvalue weighted by Gasteiger charge is 2.52. The average molecular weight is 760 g/mol. The maximum atomic E-state index is 12.6. The number of fused-ring (bicyclic) bond motifs is 1. The van der Waals surface area contributed by atoms with E-state index < -0.39 is 104 Å². The minimum Gasteiger partial charge on any atom is -0.571 e. The lowest BCUT2D eigenvalue weighted by molar-refractivity contribution is -0.364. The van der Waals surface area contributed by atoms with Crippen LogP contribution in [0.5, 0.6) is 34.5 Å². The van der Waals surface area contributed by atoms with Crippen molar-refractivity contribution in [1.29, 1.82) is 0 Å². The molecule has 0 amide bonds. The Labute approximate surface area is 305 Å². The van der Waals surface area contributed by atoms with E-state index in [1.165, 1.54) is 48.6 Å². The van der Waals surface area contributed by atoms with Crippen molar-refractivity contribution in [3.8, 4) is 34.5 Å². The number of carbonyl (C=O) groups excluding carboxylic acids is 1. The first-order valence-electron chi connectivity index (χ1n) is 16.5. The van der Waals surface area contributed by atoms with Gasteiger partial charge in [-0.25, -0.2) is 4.79 Å². The largest absolute Gasteiger partial charge is 0.571 e. The molecule has 3 aliphatic heterocycles. The molecule has 18 nitrogen and oxygen atoms in total. The third kappa shape index (κ3) is 8.16. The molecule has 3 heterocycles. The molecule has 3 aliphatic rings. The van der Waals surface area contributed by atoms with E-state index in [9.17, 15) is 61.0 Å². The van der Waals surface area contributed by atoms with Crippen LogP contribution in [0.4, 0.5) is 0 Å². The van der Waals surface area contributed by atoms with Gasteiger partial charge in [-0.15, -0.1) is 0 Å². The van der Waals surface area contributed by atoms with Crippen molar-refractivity contribution in [1.82, 2.24) is 0 Å². The van der Waals surface area contributed by atoms with E-state index in [0.717, 1.165) is 12.1 Å². The Morgan fingerprint density at radius 2 is 1.44 bits per heavy atom. The summed E-state index contributed by atoms with van der Waals surface area (Å²) in [6.45, 7) is -1.45. The van der Waals surface area contributed by atoms with Gasteiger partial charge < -0.3 is 84.6 Å². The summed E-state index contributed by atoms with van der Waals surface area (Å²) in [7, 11) is 0. The van der Waals surface area contributed by atoms with Crippen LogP contribution in [0.15, 0.2) is 66.4 Å². The summed E-state index contributed by atoms with van der Waals surface area (Å²) in [4.78, 5) is 12.6. The maximum absolute atomic E-state index is 12.6. The van der Waals surface area contributed by atoms with Gasteiger partial charge >= 0.3 is 5.97 Å². The number of benzene rings is 3. The first-order valence-corrected chi connectivity index (χ1v) is 16.5.